The average Bonchev–Trinajstić information content (AvgIpc) is 3.05. The number of carboxylic acids is 1. The predicted molar refractivity (Wildman–Crippen MR) is 89.6 cm³/mol. The SMILES string of the molecule is CC(NC(=O)c1ccc(NC(=O)c2cc(C(C)C)no2)cc1)C(=O)O. The molecule has 1 atom stereocenters. The molecule has 132 valence electrons. The molecular formula is C17H19N3O5. The topological polar surface area (TPSA) is 122 Å². The van der Waals surface area contributed by atoms with E-state index < -0.39 is 23.8 Å². The van der Waals surface area contributed by atoms with Gasteiger partial charge in [0.25, 0.3) is 11.8 Å². The number of carboxylic acid groups (broad SMARTS) is 1. The highest BCUT2D eigenvalue weighted by molar-refractivity contribution is 6.02. The first-order chi connectivity index (χ1) is 11.8. The van der Waals surface area contributed by atoms with E-state index in [1.807, 2.05) is 13.8 Å². The molecule has 2 amide bonds. The van der Waals surface area contributed by atoms with E-state index >= 15 is 0 Å². The van der Waals surface area contributed by atoms with Gasteiger partial charge in [0.15, 0.2) is 0 Å². The third-order valence-electron chi connectivity index (χ3n) is 3.47. The van der Waals surface area contributed by atoms with Gasteiger partial charge in [-0.1, -0.05) is 19.0 Å². The molecule has 0 fully saturated rings. The van der Waals surface area contributed by atoms with Crippen LogP contribution in [-0.4, -0.2) is 34.1 Å². The number of hydrogen-bond acceptors (Lipinski definition) is 5. The molecule has 0 aliphatic carbocycles. The maximum Gasteiger partial charge on any atom is 0.325 e. The molecule has 25 heavy (non-hydrogen) atoms. The molecule has 0 spiro atoms. The van der Waals surface area contributed by atoms with Crippen LogP contribution in [0.5, 0.6) is 0 Å². The number of nitrogens with one attached hydrogen (secondary N) is 2. The number of carbonyl (C=O) groups is 3. The van der Waals surface area contributed by atoms with Crippen LogP contribution in [-0.2, 0) is 4.79 Å². The molecule has 2 aromatic rings. The lowest BCUT2D eigenvalue weighted by molar-refractivity contribution is -0.138. The fourth-order valence-corrected chi connectivity index (χ4v) is 1.91. The average molecular weight is 345 g/mol. The van der Waals surface area contributed by atoms with E-state index in [9.17, 15) is 14.4 Å². The quantitative estimate of drug-likeness (QED) is 0.738. The number of anilines is 1. The number of amides is 2. The number of aromatic nitrogens is 1. The molecule has 1 aromatic heterocycles. The second kappa shape index (κ2) is 7.61. The number of aliphatic carboxylic acids is 1. The van der Waals surface area contributed by atoms with Gasteiger partial charge in [0.05, 0.1) is 5.69 Å². The van der Waals surface area contributed by atoms with Crippen molar-refractivity contribution >= 4 is 23.5 Å². The Morgan fingerprint density at radius 2 is 1.72 bits per heavy atom. The third-order valence-corrected chi connectivity index (χ3v) is 3.47. The third kappa shape index (κ3) is 4.66. The molecule has 0 aliphatic rings. The van der Waals surface area contributed by atoms with E-state index in [0.29, 0.717) is 11.4 Å². The van der Waals surface area contributed by atoms with Gasteiger partial charge in [0.2, 0.25) is 5.76 Å². The van der Waals surface area contributed by atoms with Gasteiger partial charge in [-0.2, -0.15) is 0 Å². The summed E-state index contributed by atoms with van der Waals surface area (Å²) in [6, 6.07) is 6.64. The van der Waals surface area contributed by atoms with E-state index in [2.05, 4.69) is 15.8 Å². The molecule has 2 rings (SSSR count). The Morgan fingerprint density at radius 3 is 2.24 bits per heavy atom. The van der Waals surface area contributed by atoms with E-state index in [1.165, 1.54) is 31.2 Å². The lowest BCUT2D eigenvalue weighted by Crippen LogP contribution is -2.38. The van der Waals surface area contributed by atoms with Crippen LogP contribution in [0, 0.1) is 0 Å². The maximum atomic E-state index is 12.1. The van der Waals surface area contributed by atoms with E-state index in [-0.39, 0.29) is 17.2 Å². The summed E-state index contributed by atoms with van der Waals surface area (Å²) in [6.45, 7) is 5.25. The largest absolute Gasteiger partial charge is 0.480 e. The molecule has 1 heterocycles. The summed E-state index contributed by atoms with van der Waals surface area (Å²) in [6.07, 6.45) is 0. The van der Waals surface area contributed by atoms with Crippen molar-refractivity contribution in [3.05, 3.63) is 47.3 Å². The van der Waals surface area contributed by atoms with E-state index in [1.54, 1.807) is 6.07 Å². The van der Waals surface area contributed by atoms with Crippen LogP contribution >= 0.6 is 0 Å². The van der Waals surface area contributed by atoms with Crippen LogP contribution in [0.4, 0.5) is 5.69 Å². The van der Waals surface area contributed by atoms with Crippen molar-refractivity contribution in [1.29, 1.82) is 0 Å². The zero-order valence-corrected chi connectivity index (χ0v) is 14.1. The lowest BCUT2D eigenvalue weighted by Gasteiger charge is -2.09. The Bertz CT molecular complexity index is 780. The molecule has 3 N–H and O–H groups in total. The molecule has 0 aliphatic heterocycles. The zero-order chi connectivity index (χ0) is 18.6. The number of benzene rings is 1. The Morgan fingerprint density at radius 1 is 1.08 bits per heavy atom. The highest BCUT2D eigenvalue weighted by Crippen LogP contribution is 2.16. The molecule has 0 radical (unpaired) electrons. The number of hydrogen-bond donors (Lipinski definition) is 3. The molecule has 1 aromatic carbocycles. The molecular weight excluding hydrogens is 326 g/mol. The van der Waals surface area contributed by atoms with Crippen molar-refractivity contribution in [2.45, 2.75) is 32.7 Å². The monoisotopic (exact) mass is 345 g/mol. The molecule has 8 heteroatoms. The highest BCUT2D eigenvalue weighted by Gasteiger charge is 2.17. The second-order valence-electron chi connectivity index (χ2n) is 5.84. The first kappa shape index (κ1) is 18.2. The first-order valence-electron chi connectivity index (χ1n) is 7.69. The normalized spacial score (nSPS) is 11.8. The van der Waals surface area contributed by atoms with Gasteiger partial charge >= 0.3 is 5.97 Å². The molecule has 8 nitrogen and oxygen atoms in total. The van der Waals surface area contributed by atoms with Gasteiger partial charge in [0, 0.05) is 17.3 Å². The first-order valence-corrected chi connectivity index (χ1v) is 7.69. The van der Waals surface area contributed by atoms with Crippen molar-refractivity contribution in [2.75, 3.05) is 5.32 Å². The van der Waals surface area contributed by atoms with Crippen LogP contribution in [0.1, 0.15) is 53.3 Å². The summed E-state index contributed by atoms with van der Waals surface area (Å²) >= 11 is 0. The van der Waals surface area contributed by atoms with Gasteiger partial charge in [-0.15, -0.1) is 0 Å². The second-order valence-corrected chi connectivity index (χ2v) is 5.84. The summed E-state index contributed by atoms with van der Waals surface area (Å²) in [7, 11) is 0. The van der Waals surface area contributed by atoms with Gasteiger partial charge in [0.1, 0.15) is 6.04 Å². The Hall–Kier alpha value is -3.16. The number of carbonyl (C=O) groups excluding carboxylic acids is 2. The van der Waals surface area contributed by atoms with Crippen LogP contribution in [0.2, 0.25) is 0 Å². The summed E-state index contributed by atoms with van der Waals surface area (Å²) in [4.78, 5) is 34.7. The molecule has 1 unspecified atom stereocenters. The van der Waals surface area contributed by atoms with Crippen LogP contribution in [0.25, 0.3) is 0 Å². The smallest absolute Gasteiger partial charge is 0.325 e. The predicted octanol–water partition coefficient (Wildman–Crippen LogP) is 2.25. The minimum atomic E-state index is -1.12. The fourth-order valence-electron chi connectivity index (χ4n) is 1.91. The van der Waals surface area contributed by atoms with Crippen molar-refractivity contribution in [1.82, 2.24) is 10.5 Å². The van der Waals surface area contributed by atoms with Crippen LogP contribution in [0.15, 0.2) is 34.9 Å². The van der Waals surface area contributed by atoms with Crippen LogP contribution in [0.3, 0.4) is 0 Å². The summed E-state index contributed by atoms with van der Waals surface area (Å²) in [5, 5.41) is 17.6. The summed E-state index contributed by atoms with van der Waals surface area (Å²) in [5.41, 5.74) is 1.44. The van der Waals surface area contributed by atoms with Gasteiger partial charge < -0.3 is 20.3 Å². The van der Waals surface area contributed by atoms with Crippen molar-refractivity contribution in [3.63, 3.8) is 0 Å². The highest BCUT2D eigenvalue weighted by atomic mass is 16.5. The molecule has 0 saturated carbocycles. The van der Waals surface area contributed by atoms with Crippen molar-refractivity contribution in [3.8, 4) is 0 Å². The summed E-state index contributed by atoms with van der Waals surface area (Å²) < 4.78 is 5.01. The standard InChI is InChI=1S/C17H19N3O5/c1-9(2)13-8-14(25-20-13)16(22)19-12-6-4-11(5-7-12)15(21)18-10(3)17(23)24/h4-10H,1-3H3,(H,18,21)(H,19,22)(H,23,24). The van der Waals surface area contributed by atoms with E-state index in [4.69, 9.17) is 9.63 Å². The van der Waals surface area contributed by atoms with Gasteiger partial charge in [-0.05, 0) is 37.1 Å². The van der Waals surface area contributed by atoms with Crippen molar-refractivity contribution < 1.29 is 24.0 Å². The van der Waals surface area contributed by atoms with E-state index in [0.717, 1.165) is 0 Å². The van der Waals surface area contributed by atoms with Gasteiger partial charge in [-0.3, -0.25) is 14.4 Å². The number of nitrogens with zero attached hydrogens (tertiary/aromatic N) is 1. The minimum absolute atomic E-state index is 0.0980. The van der Waals surface area contributed by atoms with Crippen molar-refractivity contribution in [2.24, 2.45) is 0 Å². The Balaban J connectivity index is 2.00. The Labute approximate surface area is 144 Å². The molecule has 0 bridgehead atoms. The number of rotatable bonds is 6. The lowest BCUT2D eigenvalue weighted by atomic mass is 10.1. The van der Waals surface area contributed by atoms with Crippen LogP contribution < -0.4 is 10.6 Å². The summed E-state index contributed by atoms with van der Waals surface area (Å²) in [5.74, 6) is -1.83. The zero-order valence-electron chi connectivity index (χ0n) is 14.1. The maximum absolute atomic E-state index is 12.1. The molecule has 0 saturated heterocycles. The minimum Gasteiger partial charge on any atom is -0.480 e. The Kier molecular flexibility index (Phi) is 5.53. The fraction of sp³-hybridized carbons (Fsp3) is 0.294. The van der Waals surface area contributed by atoms with Gasteiger partial charge in [-0.25, -0.2) is 0 Å².